The van der Waals surface area contributed by atoms with Crippen molar-refractivity contribution in [2.45, 2.75) is 33.2 Å². The van der Waals surface area contributed by atoms with Crippen LogP contribution in [0.25, 0.3) is 16.7 Å². The number of hydrogen-bond acceptors (Lipinski definition) is 4. The molecule has 0 atom stereocenters. The average molecular weight is 422 g/mol. The SMILES string of the molecule is Cc1c(C)n(-c2cccc(F)c2)c2ncn(CCC(=O)NCCc3ccco3)c(=O)c12. The molecule has 0 aliphatic rings. The Kier molecular flexibility index (Phi) is 5.70. The van der Waals surface area contributed by atoms with Gasteiger partial charge in [0.15, 0.2) is 5.65 Å². The number of amides is 1. The lowest BCUT2D eigenvalue weighted by Crippen LogP contribution is -2.29. The molecule has 0 aliphatic heterocycles. The van der Waals surface area contributed by atoms with Crippen molar-refractivity contribution in [1.82, 2.24) is 19.4 Å². The third-order valence-corrected chi connectivity index (χ3v) is 5.40. The van der Waals surface area contributed by atoms with Crippen LogP contribution in [0.15, 0.2) is 58.2 Å². The van der Waals surface area contributed by atoms with Gasteiger partial charge in [-0.3, -0.25) is 18.7 Å². The number of nitrogens with zero attached hydrogens (tertiary/aromatic N) is 3. The Labute approximate surface area is 178 Å². The fraction of sp³-hybridized carbons (Fsp3) is 0.261. The summed E-state index contributed by atoms with van der Waals surface area (Å²) in [6, 6.07) is 9.83. The molecular weight excluding hydrogens is 399 g/mol. The second kappa shape index (κ2) is 8.59. The van der Waals surface area contributed by atoms with Gasteiger partial charge in [0, 0.05) is 31.6 Å². The minimum absolute atomic E-state index is 0.149. The summed E-state index contributed by atoms with van der Waals surface area (Å²) < 4.78 is 22.2. The van der Waals surface area contributed by atoms with Gasteiger partial charge in [0.2, 0.25) is 5.91 Å². The van der Waals surface area contributed by atoms with Gasteiger partial charge < -0.3 is 9.73 Å². The summed E-state index contributed by atoms with van der Waals surface area (Å²) in [5.41, 5.74) is 2.47. The van der Waals surface area contributed by atoms with Gasteiger partial charge in [0.05, 0.1) is 23.7 Å². The van der Waals surface area contributed by atoms with E-state index in [1.54, 1.807) is 29.0 Å². The van der Waals surface area contributed by atoms with Gasteiger partial charge in [-0.25, -0.2) is 9.37 Å². The second-order valence-corrected chi connectivity index (χ2v) is 7.40. The molecule has 0 bridgehead atoms. The van der Waals surface area contributed by atoms with Crippen molar-refractivity contribution in [3.8, 4) is 5.69 Å². The number of carbonyl (C=O) groups excluding carboxylic acids is 1. The molecule has 1 N–H and O–H groups in total. The topological polar surface area (TPSA) is 82.1 Å². The molecule has 0 spiro atoms. The van der Waals surface area contributed by atoms with Crippen LogP contribution in [0.5, 0.6) is 0 Å². The van der Waals surface area contributed by atoms with Crippen LogP contribution in [0.2, 0.25) is 0 Å². The van der Waals surface area contributed by atoms with Crippen molar-refractivity contribution in [2.24, 2.45) is 0 Å². The maximum atomic E-state index is 13.7. The third-order valence-electron chi connectivity index (χ3n) is 5.40. The van der Waals surface area contributed by atoms with Gasteiger partial charge in [0.1, 0.15) is 11.6 Å². The molecule has 0 fully saturated rings. The van der Waals surface area contributed by atoms with E-state index in [1.807, 2.05) is 19.9 Å². The molecule has 8 heteroatoms. The lowest BCUT2D eigenvalue weighted by molar-refractivity contribution is -0.121. The predicted molar refractivity (Wildman–Crippen MR) is 115 cm³/mol. The highest BCUT2D eigenvalue weighted by molar-refractivity contribution is 5.83. The first-order chi connectivity index (χ1) is 15.0. The van der Waals surface area contributed by atoms with Gasteiger partial charge in [-0.05, 0) is 49.7 Å². The summed E-state index contributed by atoms with van der Waals surface area (Å²) in [6.07, 6.45) is 3.81. The van der Waals surface area contributed by atoms with Gasteiger partial charge >= 0.3 is 0 Å². The third kappa shape index (κ3) is 4.14. The summed E-state index contributed by atoms with van der Waals surface area (Å²) in [7, 11) is 0. The Morgan fingerprint density at radius 1 is 1.23 bits per heavy atom. The zero-order valence-corrected chi connectivity index (χ0v) is 17.4. The van der Waals surface area contributed by atoms with Crippen molar-refractivity contribution in [3.63, 3.8) is 0 Å². The molecule has 0 unspecified atom stereocenters. The van der Waals surface area contributed by atoms with E-state index in [4.69, 9.17) is 4.42 Å². The molecule has 0 aliphatic carbocycles. The van der Waals surface area contributed by atoms with E-state index in [-0.39, 0.29) is 30.2 Å². The van der Waals surface area contributed by atoms with Crippen molar-refractivity contribution >= 4 is 16.9 Å². The number of rotatable bonds is 7. The van der Waals surface area contributed by atoms with Crippen molar-refractivity contribution in [3.05, 3.63) is 82.2 Å². The average Bonchev–Trinajstić information content (AvgIpc) is 3.34. The number of fused-ring (bicyclic) bond motifs is 1. The van der Waals surface area contributed by atoms with Crippen LogP contribution in [0.1, 0.15) is 23.4 Å². The molecule has 4 rings (SSSR count). The molecule has 0 saturated heterocycles. The summed E-state index contributed by atoms with van der Waals surface area (Å²) in [4.78, 5) is 29.7. The standard InChI is InChI=1S/C23H23FN4O3/c1-15-16(2)28(18-6-3-5-17(24)13-18)22-21(15)23(30)27(14-26-22)11-9-20(29)25-10-8-19-7-4-12-31-19/h3-7,12-14H,8-11H2,1-2H3,(H,25,29). The molecule has 3 aromatic heterocycles. The number of furan rings is 1. The van der Waals surface area contributed by atoms with Crippen LogP contribution in [-0.4, -0.2) is 26.6 Å². The summed E-state index contributed by atoms with van der Waals surface area (Å²) >= 11 is 0. The van der Waals surface area contributed by atoms with E-state index in [2.05, 4.69) is 10.3 Å². The molecule has 4 aromatic rings. The van der Waals surface area contributed by atoms with Crippen LogP contribution >= 0.6 is 0 Å². The highest BCUT2D eigenvalue weighted by Gasteiger charge is 2.18. The Morgan fingerprint density at radius 3 is 2.81 bits per heavy atom. The van der Waals surface area contributed by atoms with Crippen LogP contribution in [0.4, 0.5) is 4.39 Å². The molecule has 1 amide bonds. The van der Waals surface area contributed by atoms with Crippen molar-refractivity contribution < 1.29 is 13.6 Å². The fourth-order valence-electron chi connectivity index (χ4n) is 3.67. The zero-order chi connectivity index (χ0) is 22.0. The van der Waals surface area contributed by atoms with E-state index in [1.165, 1.54) is 23.0 Å². The quantitative estimate of drug-likeness (QED) is 0.496. The maximum Gasteiger partial charge on any atom is 0.263 e. The zero-order valence-electron chi connectivity index (χ0n) is 17.4. The molecule has 7 nitrogen and oxygen atoms in total. The number of nitrogens with one attached hydrogen (secondary N) is 1. The highest BCUT2D eigenvalue weighted by Crippen LogP contribution is 2.25. The lowest BCUT2D eigenvalue weighted by atomic mass is 10.2. The molecule has 160 valence electrons. The number of aromatic nitrogens is 3. The van der Waals surface area contributed by atoms with Crippen LogP contribution in [0, 0.1) is 19.7 Å². The van der Waals surface area contributed by atoms with E-state index < -0.39 is 0 Å². The predicted octanol–water partition coefficient (Wildman–Crippen LogP) is 3.29. The number of aryl methyl sites for hydroxylation is 2. The van der Waals surface area contributed by atoms with E-state index in [9.17, 15) is 14.0 Å². The Hall–Kier alpha value is -3.68. The molecule has 3 heterocycles. The molecule has 1 aromatic carbocycles. The summed E-state index contributed by atoms with van der Waals surface area (Å²) in [5.74, 6) is 0.298. The van der Waals surface area contributed by atoms with Crippen LogP contribution < -0.4 is 10.9 Å². The first kappa shape index (κ1) is 20.6. The first-order valence-corrected chi connectivity index (χ1v) is 10.1. The number of carbonyl (C=O) groups is 1. The maximum absolute atomic E-state index is 13.7. The van der Waals surface area contributed by atoms with E-state index >= 15 is 0 Å². The largest absolute Gasteiger partial charge is 0.469 e. The van der Waals surface area contributed by atoms with Gasteiger partial charge in [-0.2, -0.15) is 0 Å². The minimum Gasteiger partial charge on any atom is -0.469 e. The Morgan fingerprint density at radius 2 is 2.06 bits per heavy atom. The Balaban J connectivity index is 1.52. The van der Waals surface area contributed by atoms with Crippen molar-refractivity contribution in [2.75, 3.05) is 6.54 Å². The van der Waals surface area contributed by atoms with E-state index in [0.717, 1.165) is 17.0 Å². The van der Waals surface area contributed by atoms with Crippen molar-refractivity contribution in [1.29, 1.82) is 0 Å². The van der Waals surface area contributed by atoms with Crippen LogP contribution in [-0.2, 0) is 17.8 Å². The summed E-state index contributed by atoms with van der Waals surface area (Å²) in [6.45, 7) is 4.41. The molecular formula is C23H23FN4O3. The molecule has 0 radical (unpaired) electrons. The number of halogens is 1. The second-order valence-electron chi connectivity index (χ2n) is 7.40. The lowest BCUT2D eigenvalue weighted by Gasteiger charge is -2.09. The molecule has 31 heavy (non-hydrogen) atoms. The van der Waals surface area contributed by atoms with Gasteiger partial charge in [0.25, 0.3) is 5.56 Å². The molecule has 0 saturated carbocycles. The van der Waals surface area contributed by atoms with E-state index in [0.29, 0.717) is 29.7 Å². The Bertz CT molecular complexity index is 1290. The summed E-state index contributed by atoms with van der Waals surface area (Å²) in [5, 5.41) is 3.30. The van der Waals surface area contributed by atoms with Gasteiger partial charge in [-0.15, -0.1) is 0 Å². The van der Waals surface area contributed by atoms with Crippen LogP contribution in [0.3, 0.4) is 0 Å². The normalized spacial score (nSPS) is 11.2. The smallest absolute Gasteiger partial charge is 0.263 e. The van der Waals surface area contributed by atoms with Gasteiger partial charge in [-0.1, -0.05) is 6.07 Å². The first-order valence-electron chi connectivity index (χ1n) is 10.1. The monoisotopic (exact) mass is 422 g/mol. The fourth-order valence-corrected chi connectivity index (χ4v) is 3.67. The minimum atomic E-state index is -0.359. The number of hydrogen-bond donors (Lipinski definition) is 1. The highest BCUT2D eigenvalue weighted by atomic mass is 19.1. The number of benzene rings is 1.